The summed E-state index contributed by atoms with van der Waals surface area (Å²) < 4.78 is 4.25. The molecule has 0 aliphatic carbocycles. The molecule has 0 saturated heterocycles. The van der Waals surface area contributed by atoms with Crippen LogP contribution in [-0.2, 0) is 22.7 Å². The quantitative estimate of drug-likeness (QED) is 0.371. The first kappa shape index (κ1) is 22.7. The minimum Gasteiger partial charge on any atom is -0.332 e. The number of fused-ring (bicyclic) bond motifs is 12. The van der Waals surface area contributed by atoms with Crippen molar-refractivity contribution in [2.45, 2.75) is 51.6 Å². The van der Waals surface area contributed by atoms with E-state index in [2.05, 4.69) is 29.7 Å². The van der Waals surface area contributed by atoms with Crippen LogP contribution < -0.4 is 10.6 Å². The second-order valence-electron chi connectivity index (χ2n) is 9.63. The van der Waals surface area contributed by atoms with Gasteiger partial charge in [-0.1, -0.05) is 12.8 Å². The van der Waals surface area contributed by atoms with Crippen molar-refractivity contribution in [2.75, 3.05) is 13.1 Å². The van der Waals surface area contributed by atoms with E-state index in [9.17, 15) is 9.59 Å². The summed E-state index contributed by atoms with van der Waals surface area (Å²) in [5.41, 5.74) is 4.01. The van der Waals surface area contributed by atoms with E-state index in [-0.39, 0.29) is 11.8 Å². The molecule has 0 radical (unpaired) electrons. The van der Waals surface area contributed by atoms with Gasteiger partial charge < -0.3 is 14.5 Å². The summed E-state index contributed by atoms with van der Waals surface area (Å²) in [7, 11) is 0. The number of hydrogen-bond acceptors (Lipinski definition) is 5. The van der Waals surface area contributed by atoms with Crippen molar-refractivity contribution in [1.29, 1.82) is 0 Å². The SMILES string of the molecule is O=C1NC(=O)C2=C1c1cn(c3ncccc13)CCCCCNCCCCCn1cc2c2cccnc21. The summed E-state index contributed by atoms with van der Waals surface area (Å²) in [6.07, 6.45) is 14.1. The van der Waals surface area contributed by atoms with E-state index in [1.807, 2.05) is 36.7 Å². The topological polar surface area (TPSA) is 93.8 Å². The molecular weight excluding hydrogens is 452 g/mol. The van der Waals surface area contributed by atoms with Gasteiger partial charge in [-0.25, -0.2) is 9.97 Å². The third kappa shape index (κ3) is 4.01. The maximum Gasteiger partial charge on any atom is 0.259 e. The van der Waals surface area contributed by atoms with Gasteiger partial charge >= 0.3 is 0 Å². The van der Waals surface area contributed by atoms with E-state index in [0.717, 1.165) is 97.9 Å². The minimum absolute atomic E-state index is 0.361. The van der Waals surface area contributed by atoms with Gasteiger partial charge in [-0.05, 0) is 63.0 Å². The molecule has 184 valence electrons. The van der Waals surface area contributed by atoms with Gasteiger partial charge in [-0.15, -0.1) is 0 Å². The standard InChI is InChI=1S/C28H30N6O2/c35-27-23-21-17-33(25-19(21)9-7-13-30-25)15-5-1-3-11-29-12-4-2-6-16-34-18-22(24(23)28(36)32-27)20-10-8-14-31-26(20)34/h7-10,13-14,17-18,29H,1-6,11-12,15-16H2,(H,32,35,36). The monoisotopic (exact) mass is 482 g/mol. The predicted octanol–water partition coefficient (Wildman–Crippen LogP) is 3.90. The zero-order valence-corrected chi connectivity index (χ0v) is 20.3. The molecule has 8 heteroatoms. The van der Waals surface area contributed by atoms with Crippen molar-refractivity contribution in [1.82, 2.24) is 29.7 Å². The fourth-order valence-electron chi connectivity index (χ4n) is 5.50. The van der Waals surface area contributed by atoms with Crippen molar-refractivity contribution in [3.05, 3.63) is 60.2 Å². The highest BCUT2D eigenvalue weighted by Crippen LogP contribution is 2.38. The Labute approximate surface area is 209 Å². The van der Waals surface area contributed by atoms with Crippen LogP contribution in [0.1, 0.15) is 49.7 Å². The van der Waals surface area contributed by atoms with E-state index >= 15 is 0 Å². The van der Waals surface area contributed by atoms with Crippen LogP contribution in [0.15, 0.2) is 49.1 Å². The first-order valence-corrected chi connectivity index (χ1v) is 12.9. The summed E-state index contributed by atoms with van der Waals surface area (Å²) in [6.45, 7) is 3.69. The first-order valence-electron chi connectivity index (χ1n) is 12.9. The normalized spacial score (nSPS) is 18.1. The fraction of sp³-hybridized carbons (Fsp3) is 0.357. The molecule has 0 spiro atoms. The summed E-state index contributed by atoms with van der Waals surface area (Å²) in [4.78, 5) is 35.7. The zero-order valence-electron chi connectivity index (χ0n) is 20.3. The molecule has 2 aliphatic heterocycles. The Kier molecular flexibility index (Phi) is 6.11. The number of carbonyl (C=O) groups excluding carboxylic acids is 2. The summed E-state index contributed by atoms with van der Waals surface area (Å²) in [5, 5.41) is 7.90. The van der Waals surface area contributed by atoms with Crippen LogP contribution in [-0.4, -0.2) is 44.0 Å². The van der Waals surface area contributed by atoms with E-state index in [1.165, 1.54) is 0 Å². The van der Waals surface area contributed by atoms with Gasteiger partial charge in [0.2, 0.25) is 0 Å². The van der Waals surface area contributed by atoms with Crippen LogP contribution in [0.5, 0.6) is 0 Å². The van der Waals surface area contributed by atoms with Crippen LogP contribution in [0.3, 0.4) is 0 Å². The molecule has 0 atom stereocenters. The van der Waals surface area contributed by atoms with Crippen molar-refractivity contribution < 1.29 is 9.59 Å². The van der Waals surface area contributed by atoms with Gasteiger partial charge in [-0.3, -0.25) is 14.9 Å². The lowest BCUT2D eigenvalue weighted by Crippen LogP contribution is -2.22. The Bertz CT molecular complexity index is 1380. The third-order valence-corrected chi connectivity index (χ3v) is 7.24. The van der Waals surface area contributed by atoms with Crippen LogP contribution in [0, 0.1) is 0 Å². The summed E-state index contributed by atoms with van der Waals surface area (Å²) >= 11 is 0. The predicted molar refractivity (Wildman–Crippen MR) is 140 cm³/mol. The van der Waals surface area contributed by atoms with Gasteiger partial charge in [0.05, 0.1) is 11.1 Å². The average molecular weight is 483 g/mol. The van der Waals surface area contributed by atoms with Gasteiger partial charge in [0.15, 0.2) is 0 Å². The van der Waals surface area contributed by atoms with E-state index < -0.39 is 0 Å². The highest BCUT2D eigenvalue weighted by Gasteiger charge is 2.35. The van der Waals surface area contributed by atoms with Crippen molar-refractivity contribution >= 4 is 45.0 Å². The summed E-state index contributed by atoms with van der Waals surface area (Å²) in [6, 6.07) is 7.72. The largest absolute Gasteiger partial charge is 0.332 e. The number of pyridine rings is 2. The number of imide groups is 1. The summed E-state index contributed by atoms with van der Waals surface area (Å²) in [5.74, 6) is -0.723. The second kappa shape index (κ2) is 9.70. The molecule has 0 fully saturated rings. The van der Waals surface area contributed by atoms with Gasteiger partial charge in [0.25, 0.3) is 11.8 Å². The van der Waals surface area contributed by atoms with Crippen LogP contribution in [0.25, 0.3) is 33.2 Å². The third-order valence-electron chi connectivity index (χ3n) is 7.24. The smallest absolute Gasteiger partial charge is 0.259 e. The Balaban J connectivity index is 1.55. The van der Waals surface area contributed by atoms with Crippen molar-refractivity contribution in [2.24, 2.45) is 0 Å². The molecule has 2 amide bonds. The van der Waals surface area contributed by atoms with E-state index in [4.69, 9.17) is 0 Å². The number of rotatable bonds is 0. The number of aryl methyl sites for hydroxylation is 2. The molecule has 2 N–H and O–H groups in total. The molecule has 0 saturated carbocycles. The van der Waals surface area contributed by atoms with E-state index in [0.29, 0.717) is 11.1 Å². The molecule has 6 heterocycles. The molecular formula is C28H30N6O2. The van der Waals surface area contributed by atoms with Crippen LogP contribution in [0.2, 0.25) is 0 Å². The molecule has 0 aromatic carbocycles. The maximum atomic E-state index is 13.2. The lowest BCUT2D eigenvalue weighted by molar-refractivity contribution is -0.122. The average Bonchev–Trinajstić information content (AvgIpc) is 3.52. The molecule has 36 heavy (non-hydrogen) atoms. The Hall–Kier alpha value is -3.78. The Morgan fingerprint density at radius 3 is 1.67 bits per heavy atom. The van der Waals surface area contributed by atoms with Crippen molar-refractivity contribution in [3.63, 3.8) is 0 Å². The number of nitrogens with zero attached hydrogens (tertiary/aromatic N) is 4. The molecule has 0 unspecified atom stereocenters. The zero-order chi connectivity index (χ0) is 24.5. The van der Waals surface area contributed by atoms with Gasteiger partial charge in [0.1, 0.15) is 11.3 Å². The molecule has 8 nitrogen and oxygen atoms in total. The number of nitrogens with one attached hydrogen (secondary N) is 2. The van der Waals surface area contributed by atoms with Crippen LogP contribution in [0.4, 0.5) is 0 Å². The Morgan fingerprint density at radius 2 is 1.17 bits per heavy atom. The molecule has 4 bridgehead atoms. The lowest BCUT2D eigenvalue weighted by Gasteiger charge is -2.07. The first-order chi connectivity index (χ1) is 17.7. The van der Waals surface area contributed by atoms with Gasteiger partial charge in [0, 0.05) is 59.8 Å². The number of aromatic nitrogens is 4. The minimum atomic E-state index is -0.361. The number of hydrogen-bond donors (Lipinski definition) is 2. The number of amides is 2. The molecule has 4 aromatic rings. The highest BCUT2D eigenvalue weighted by atomic mass is 16.2. The highest BCUT2D eigenvalue weighted by molar-refractivity contribution is 6.50. The van der Waals surface area contributed by atoms with E-state index in [1.54, 1.807) is 12.4 Å². The molecule has 6 rings (SSSR count). The molecule has 4 aromatic heterocycles. The maximum absolute atomic E-state index is 13.2. The van der Waals surface area contributed by atoms with Crippen molar-refractivity contribution in [3.8, 4) is 0 Å². The van der Waals surface area contributed by atoms with Gasteiger partial charge in [-0.2, -0.15) is 0 Å². The fourth-order valence-corrected chi connectivity index (χ4v) is 5.50. The Morgan fingerprint density at radius 1 is 0.667 bits per heavy atom. The lowest BCUT2D eigenvalue weighted by atomic mass is 9.96. The molecule has 2 aliphatic rings. The van der Waals surface area contributed by atoms with Crippen LogP contribution >= 0.6 is 0 Å². The number of carbonyl (C=O) groups is 2. The second-order valence-corrected chi connectivity index (χ2v) is 9.63.